The van der Waals surface area contributed by atoms with Crippen molar-refractivity contribution in [2.45, 2.75) is 13.0 Å². The third kappa shape index (κ3) is 4.88. The molecular weight excluding hydrogens is 372 g/mol. The summed E-state index contributed by atoms with van der Waals surface area (Å²) in [6.07, 6.45) is -0.0201. The van der Waals surface area contributed by atoms with Crippen molar-refractivity contribution in [2.75, 3.05) is 6.61 Å². The van der Waals surface area contributed by atoms with Crippen molar-refractivity contribution in [3.63, 3.8) is 0 Å². The van der Waals surface area contributed by atoms with Crippen molar-refractivity contribution in [3.8, 4) is 11.5 Å². The minimum atomic E-state index is -0.0201. The molecule has 0 aromatic heterocycles. The van der Waals surface area contributed by atoms with E-state index in [1.165, 1.54) is 0 Å². The molecule has 19 heavy (non-hydrogen) atoms. The number of halogens is 2. The Balaban J connectivity index is 1.86. The van der Waals surface area contributed by atoms with Crippen LogP contribution < -0.4 is 9.47 Å². The molecule has 0 aliphatic rings. The van der Waals surface area contributed by atoms with E-state index in [9.17, 15) is 0 Å². The fourth-order valence-corrected chi connectivity index (χ4v) is 2.33. The molecule has 0 fully saturated rings. The van der Waals surface area contributed by atoms with Crippen molar-refractivity contribution in [3.05, 3.63) is 57.5 Å². The molecule has 2 aromatic carbocycles. The van der Waals surface area contributed by atoms with Crippen LogP contribution in [0.2, 0.25) is 0 Å². The van der Waals surface area contributed by atoms with E-state index in [1.807, 2.05) is 55.5 Å². The lowest BCUT2D eigenvalue weighted by Crippen LogP contribution is -2.21. The third-order valence-corrected chi connectivity index (χ3v) is 3.40. The standard InChI is InChI=1S/C15H14Br2O2/c1-11(19-15-7-3-5-13(17)9-15)10-18-14-6-2-4-12(16)8-14/h2-9,11H,10H2,1H3/t11-/m1/s1. The molecule has 0 amide bonds. The molecule has 2 rings (SSSR count). The fraction of sp³-hybridized carbons (Fsp3) is 0.200. The Hall–Kier alpha value is -1.00. The first kappa shape index (κ1) is 14.4. The van der Waals surface area contributed by atoms with Crippen molar-refractivity contribution in [1.29, 1.82) is 0 Å². The second-order valence-electron chi connectivity index (χ2n) is 4.15. The van der Waals surface area contributed by atoms with E-state index in [1.54, 1.807) is 0 Å². The molecule has 0 unspecified atom stereocenters. The van der Waals surface area contributed by atoms with Gasteiger partial charge in [0.15, 0.2) is 0 Å². The van der Waals surface area contributed by atoms with Gasteiger partial charge in [-0.15, -0.1) is 0 Å². The normalized spacial score (nSPS) is 11.9. The molecule has 2 aromatic rings. The van der Waals surface area contributed by atoms with Gasteiger partial charge in [-0.3, -0.25) is 0 Å². The quantitative estimate of drug-likeness (QED) is 0.716. The highest BCUT2D eigenvalue weighted by Crippen LogP contribution is 2.20. The summed E-state index contributed by atoms with van der Waals surface area (Å²) in [7, 11) is 0. The number of hydrogen-bond donors (Lipinski definition) is 0. The van der Waals surface area contributed by atoms with Gasteiger partial charge >= 0.3 is 0 Å². The Morgan fingerprint density at radius 1 is 0.947 bits per heavy atom. The zero-order valence-electron chi connectivity index (χ0n) is 10.5. The Morgan fingerprint density at radius 3 is 2.16 bits per heavy atom. The van der Waals surface area contributed by atoms with Gasteiger partial charge in [0.1, 0.15) is 24.2 Å². The molecular formula is C15H14Br2O2. The first-order valence-corrected chi connectivity index (χ1v) is 7.52. The van der Waals surface area contributed by atoms with Gasteiger partial charge in [0.25, 0.3) is 0 Å². The van der Waals surface area contributed by atoms with Gasteiger partial charge < -0.3 is 9.47 Å². The van der Waals surface area contributed by atoms with Crippen LogP contribution in [0.1, 0.15) is 6.92 Å². The molecule has 100 valence electrons. The molecule has 0 radical (unpaired) electrons. The van der Waals surface area contributed by atoms with Crippen LogP contribution in [0.4, 0.5) is 0 Å². The van der Waals surface area contributed by atoms with Crippen LogP contribution in [-0.4, -0.2) is 12.7 Å². The summed E-state index contributed by atoms with van der Waals surface area (Å²) in [5.74, 6) is 1.67. The van der Waals surface area contributed by atoms with Crippen LogP contribution in [0.3, 0.4) is 0 Å². The van der Waals surface area contributed by atoms with Crippen LogP contribution in [0, 0.1) is 0 Å². The van der Waals surface area contributed by atoms with E-state index in [-0.39, 0.29) is 6.10 Å². The van der Waals surface area contributed by atoms with E-state index in [2.05, 4.69) is 31.9 Å². The SMILES string of the molecule is C[C@H](COc1cccc(Br)c1)Oc1cccc(Br)c1. The molecule has 0 spiro atoms. The van der Waals surface area contributed by atoms with E-state index >= 15 is 0 Å². The number of ether oxygens (including phenoxy) is 2. The lowest BCUT2D eigenvalue weighted by molar-refractivity contribution is 0.143. The first-order valence-electron chi connectivity index (χ1n) is 5.94. The van der Waals surface area contributed by atoms with Gasteiger partial charge in [0, 0.05) is 8.95 Å². The van der Waals surface area contributed by atoms with Crippen molar-refractivity contribution < 1.29 is 9.47 Å². The molecule has 0 bridgehead atoms. The molecule has 2 nitrogen and oxygen atoms in total. The maximum atomic E-state index is 5.78. The highest BCUT2D eigenvalue weighted by Gasteiger charge is 2.06. The van der Waals surface area contributed by atoms with Gasteiger partial charge in [-0.1, -0.05) is 44.0 Å². The predicted molar refractivity (Wildman–Crippen MR) is 83.9 cm³/mol. The van der Waals surface area contributed by atoms with Gasteiger partial charge in [-0.25, -0.2) is 0 Å². The average Bonchev–Trinajstić information content (AvgIpc) is 2.36. The number of rotatable bonds is 5. The molecule has 0 aliphatic carbocycles. The van der Waals surface area contributed by atoms with Gasteiger partial charge in [-0.05, 0) is 43.3 Å². The highest BCUT2D eigenvalue weighted by molar-refractivity contribution is 9.10. The van der Waals surface area contributed by atoms with Crippen molar-refractivity contribution in [1.82, 2.24) is 0 Å². The van der Waals surface area contributed by atoms with Crippen molar-refractivity contribution in [2.24, 2.45) is 0 Å². The molecule has 0 N–H and O–H groups in total. The van der Waals surface area contributed by atoms with Gasteiger partial charge in [-0.2, -0.15) is 0 Å². The van der Waals surface area contributed by atoms with Crippen LogP contribution in [0.25, 0.3) is 0 Å². The molecule has 0 saturated carbocycles. The van der Waals surface area contributed by atoms with Gasteiger partial charge in [0.05, 0.1) is 0 Å². The Kier molecular flexibility index (Phi) is 5.28. The van der Waals surface area contributed by atoms with E-state index in [0.29, 0.717) is 6.61 Å². The minimum absolute atomic E-state index is 0.0201. The predicted octanol–water partition coefficient (Wildman–Crippen LogP) is 5.06. The summed E-state index contributed by atoms with van der Waals surface area (Å²) in [4.78, 5) is 0. The molecule has 0 heterocycles. The summed E-state index contributed by atoms with van der Waals surface area (Å²) in [5.41, 5.74) is 0. The molecule has 1 atom stereocenters. The monoisotopic (exact) mass is 384 g/mol. The second kappa shape index (κ2) is 6.96. The summed E-state index contributed by atoms with van der Waals surface area (Å²) < 4.78 is 13.5. The van der Waals surface area contributed by atoms with E-state index < -0.39 is 0 Å². The third-order valence-electron chi connectivity index (χ3n) is 2.41. The Morgan fingerprint density at radius 2 is 1.53 bits per heavy atom. The molecule has 4 heteroatoms. The second-order valence-corrected chi connectivity index (χ2v) is 5.99. The lowest BCUT2D eigenvalue weighted by atomic mass is 10.3. The maximum Gasteiger partial charge on any atom is 0.130 e. The van der Waals surface area contributed by atoms with Crippen LogP contribution in [-0.2, 0) is 0 Å². The maximum absolute atomic E-state index is 5.78. The highest BCUT2D eigenvalue weighted by atomic mass is 79.9. The first-order chi connectivity index (χ1) is 9.13. The minimum Gasteiger partial charge on any atom is -0.490 e. The summed E-state index contributed by atoms with van der Waals surface area (Å²) in [5, 5.41) is 0. The van der Waals surface area contributed by atoms with Gasteiger partial charge in [0.2, 0.25) is 0 Å². The summed E-state index contributed by atoms with van der Waals surface area (Å²) in [6.45, 7) is 2.49. The molecule has 0 aliphatic heterocycles. The lowest BCUT2D eigenvalue weighted by Gasteiger charge is -2.16. The Bertz CT molecular complexity index is 543. The average molecular weight is 386 g/mol. The number of hydrogen-bond acceptors (Lipinski definition) is 2. The topological polar surface area (TPSA) is 18.5 Å². The summed E-state index contributed by atoms with van der Waals surface area (Å²) >= 11 is 6.83. The van der Waals surface area contributed by atoms with E-state index in [4.69, 9.17) is 9.47 Å². The Labute approximate surface area is 130 Å². The zero-order chi connectivity index (χ0) is 13.7. The van der Waals surface area contributed by atoms with Crippen LogP contribution in [0.5, 0.6) is 11.5 Å². The fourth-order valence-electron chi connectivity index (χ4n) is 1.58. The van der Waals surface area contributed by atoms with Crippen LogP contribution in [0.15, 0.2) is 57.5 Å². The van der Waals surface area contributed by atoms with Crippen LogP contribution >= 0.6 is 31.9 Å². The largest absolute Gasteiger partial charge is 0.490 e. The number of benzene rings is 2. The van der Waals surface area contributed by atoms with E-state index in [0.717, 1.165) is 20.4 Å². The smallest absolute Gasteiger partial charge is 0.130 e. The molecule has 0 saturated heterocycles. The zero-order valence-corrected chi connectivity index (χ0v) is 13.6. The van der Waals surface area contributed by atoms with Crippen molar-refractivity contribution >= 4 is 31.9 Å². The summed E-state index contributed by atoms with van der Waals surface area (Å²) in [6, 6.07) is 15.6.